The van der Waals surface area contributed by atoms with Crippen LogP contribution in [0.25, 0.3) is 0 Å². The number of hydrogen-bond donors (Lipinski definition) is 2. The van der Waals surface area contributed by atoms with E-state index < -0.39 is 54.7 Å². The first-order valence-electron chi connectivity index (χ1n) is 11.1. The van der Waals surface area contributed by atoms with Gasteiger partial charge in [-0.2, -0.15) is 13.2 Å². The van der Waals surface area contributed by atoms with E-state index in [-0.39, 0.29) is 31.2 Å². The van der Waals surface area contributed by atoms with Crippen molar-refractivity contribution >= 4 is 29.6 Å². The van der Waals surface area contributed by atoms with Crippen LogP contribution in [0.5, 0.6) is 0 Å². The SMILES string of the molecule is CC(C)(C)OC(=O)N1CCN(CC(=O)Nc2cc(C3CCC(=O)NC3=O)ccn2)[C@@H](C(F)(F)F)C1. The lowest BCUT2D eigenvalue weighted by Crippen LogP contribution is -2.61. The maximum atomic E-state index is 13.7. The smallest absolute Gasteiger partial charge is 0.410 e. The number of carbonyl (C=O) groups excluding carboxylic acids is 4. The van der Waals surface area contributed by atoms with Crippen LogP contribution in [-0.4, -0.2) is 82.6 Å². The lowest BCUT2D eigenvalue weighted by atomic mass is 9.91. The number of aromatic nitrogens is 1. The standard InChI is InChI=1S/C22H28F3N5O5/c1-21(2,3)35-20(34)30-9-8-29(15(11-30)22(23,24)25)12-18(32)27-16-10-13(6-7-26-16)14-4-5-17(31)28-19(14)33/h6-7,10,14-15H,4-5,8-9,11-12H2,1-3H3,(H,26,27,32)(H,28,31,33)/t14?,15-/m1/s1. The van der Waals surface area contributed by atoms with Crippen LogP contribution >= 0.6 is 0 Å². The third-order valence-corrected chi connectivity index (χ3v) is 5.56. The molecule has 0 aliphatic carbocycles. The molecule has 2 atom stereocenters. The molecule has 13 heteroatoms. The van der Waals surface area contributed by atoms with Crippen LogP contribution in [0.1, 0.15) is 45.1 Å². The molecule has 2 saturated heterocycles. The van der Waals surface area contributed by atoms with Crippen molar-refractivity contribution in [2.45, 2.75) is 57.3 Å². The molecular formula is C22H28F3N5O5. The fourth-order valence-corrected chi connectivity index (χ4v) is 3.92. The Hall–Kier alpha value is -3.22. The number of anilines is 1. The first-order chi connectivity index (χ1) is 16.2. The Morgan fingerprint density at radius 1 is 1.23 bits per heavy atom. The molecule has 192 valence electrons. The number of nitrogens with zero attached hydrogens (tertiary/aromatic N) is 3. The highest BCUT2D eigenvalue weighted by atomic mass is 19.4. The van der Waals surface area contributed by atoms with Gasteiger partial charge in [-0.05, 0) is 44.9 Å². The summed E-state index contributed by atoms with van der Waals surface area (Å²) in [4.78, 5) is 54.2. The van der Waals surface area contributed by atoms with Gasteiger partial charge in [-0.25, -0.2) is 9.78 Å². The van der Waals surface area contributed by atoms with E-state index in [9.17, 15) is 32.3 Å². The molecule has 1 aromatic heterocycles. The maximum absolute atomic E-state index is 13.7. The Labute approximate surface area is 200 Å². The molecule has 1 unspecified atom stereocenters. The molecule has 2 fully saturated rings. The lowest BCUT2D eigenvalue weighted by molar-refractivity contribution is -0.195. The molecule has 2 aliphatic heterocycles. The van der Waals surface area contributed by atoms with Crippen molar-refractivity contribution in [3.63, 3.8) is 0 Å². The van der Waals surface area contributed by atoms with E-state index >= 15 is 0 Å². The number of piperazine rings is 1. The predicted molar refractivity (Wildman–Crippen MR) is 117 cm³/mol. The van der Waals surface area contributed by atoms with Crippen LogP contribution in [0.3, 0.4) is 0 Å². The normalized spacial score (nSPS) is 21.9. The molecule has 0 radical (unpaired) electrons. The highest BCUT2D eigenvalue weighted by Crippen LogP contribution is 2.29. The minimum atomic E-state index is -4.68. The summed E-state index contributed by atoms with van der Waals surface area (Å²) >= 11 is 0. The first kappa shape index (κ1) is 26.4. The van der Waals surface area contributed by atoms with E-state index in [0.717, 1.165) is 9.80 Å². The third kappa shape index (κ3) is 7.13. The van der Waals surface area contributed by atoms with Crippen LogP contribution in [0.2, 0.25) is 0 Å². The van der Waals surface area contributed by atoms with Crippen LogP contribution in [0, 0.1) is 0 Å². The molecule has 3 rings (SSSR count). The van der Waals surface area contributed by atoms with Gasteiger partial charge in [0, 0.05) is 32.3 Å². The second kappa shape index (κ2) is 10.2. The van der Waals surface area contributed by atoms with E-state index in [0.29, 0.717) is 12.0 Å². The number of amides is 4. The number of halogens is 3. The predicted octanol–water partition coefficient (Wildman–Crippen LogP) is 2.02. The van der Waals surface area contributed by atoms with Crippen molar-refractivity contribution in [1.82, 2.24) is 20.1 Å². The van der Waals surface area contributed by atoms with E-state index in [1.54, 1.807) is 26.8 Å². The van der Waals surface area contributed by atoms with Crippen molar-refractivity contribution in [2.75, 3.05) is 31.5 Å². The summed E-state index contributed by atoms with van der Waals surface area (Å²) in [5.41, 5.74) is -0.323. The maximum Gasteiger partial charge on any atom is 0.410 e. The second-order valence-electron chi connectivity index (χ2n) is 9.48. The Morgan fingerprint density at radius 3 is 2.57 bits per heavy atom. The Morgan fingerprint density at radius 2 is 1.94 bits per heavy atom. The zero-order valence-corrected chi connectivity index (χ0v) is 19.6. The van der Waals surface area contributed by atoms with Gasteiger partial charge >= 0.3 is 12.3 Å². The Bertz CT molecular complexity index is 994. The molecule has 2 N–H and O–H groups in total. The number of imide groups is 1. The number of hydrogen-bond acceptors (Lipinski definition) is 7. The molecule has 35 heavy (non-hydrogen) atoms. The number of piperidine rings is 1. The van der Waals surface area contributed by atoms with Gasteiger partial charge in [0.05, 0.1) is 12.5 Å². The van der Waals surface area contributed by atoms with Crippen molar-refractivity contribution in [3.8, 4) is 0 Å². The molecule has 2 aliphatic rings. The summed E-state index contributed by atoms with van der Waals surface area (Å²) in [7, 11) is 0. The van der Waals surface area contributed by atoms with E-state index in [2.05, 4.69) is 15.6 Å². The largest absolute Gasteiger partial charge is 0.444 e. The van der Waals surface area contributed by atoms with Crippen LogP contribution in [0.15, 0.2) is 18.3 Å². The molecule has 0 bridgehead atoms. The molecule has 0 aromatic carbocycles. The van der Waals surface area contributed by atoms with Crippen LogP contribution < -0.4 is 10.6 Å². The van der Waals surface area contributed by atoms with Gasteiger partial charge in [0.25, 0.3) is 0 Å². The molecule has 4 amide bonds. The number of alkyl halides is 3. The van der Waals surface area contributed by atoms with Gasteiger partial charge in [-0.3, -0.25) is 24.6 Å². The van der Waals surface area contributed by atoms with Crippen molar-refractivity contribution in [2.24, 2.45) is 0 Å². The Kier molecular flexibility index (Phi) is 7.68. The summed E-state index contributed by atoms with van der Waals surface area (Å²) in [6, 6.07) is 0.988. The van der Waals surface area contributed by atoms with Gasteiger partial charge in [0.15, 0.2) is 0 Å². The zero-order chi connectivity index (χ0) is 26.0. The first-order valence-corrected chi connectivity index (χ1v) is 11.1. The molecular weight excluding hydrogens is 471 g/mol. The van der Waals surface area contributed by atoms with Gasteiger partial charge in [-0.15, -0.1) is 0 Å². The minimum absolute atomic E-state index is 0.0297. The fraction of sp³-hybridized carbons (Fsp3) is 0.591. The number of carbonyl (C=O) groups is 4. The molecule has 0 saturated carbocycles. The lowest BCUT2D eigenvalue weighted by Gasteiger charge is -2.41. The number of ether oxygens (including phenoxy) is 1. The van der Waals surface area contributed by atoms with Crippen LogP contribution in [-0.2, 0) is 19.1 Å². The van der Waals surface area contributed by atoms with E-state index in [1.807, 2.05) is 0 Å². The quantitative estimate of drug-likeness (QED) is 0.608. The van der Waals surface area contributed by atoms with Crippen LogP contribution in [0.4, 0.5) is 23.8 Å². The summed E-state index contributed by atoms with van der Waals surface area (Å²) in [5, 5.41) is 4.72. The topological polar surface area (TPSA) is 121 Å². The van der Waals surface area contributed by atoms with Gasteiger partial charge in [0.1, 0.15) is 17.5 Å². The number of pyridine rings is 1. The molecule has 3 heterocycles. The van der Waals surface area contributed by atoms with Gasteiger partial charge in [0.2, 0.25) is 17.7 Å². The van der Waals surface area contributed by atoms with Crippen molar-refractivity contribution in [3.05, 3.63) is 23.9 Å². The second-order valence-corrected chi connectivity index (χ2v) is 9.48. The fourth-order valence-electron chi connectivity index (χ4n) is 3.92. The Balaban J connectivity index is 1.64. The number of rotatable bonds is 4. The molecule has 1 aromatic rings. The zero-order valence-electron chi connectivity index (χ0n) is 19.6. The summed E-state index contributed by atoms with van der Waals surface area (Å²) in [6.45, 7) is 3.42. The van der Waals surface area contributed by atoms with Gasteiger partial charge < -0.3 is 15.0 Å². The molecule has 0 spiro atoms. The summed E-state index contributed by atoms with van der Waals surface area (Å²) < 4.78 is 46.4. The van der Waals surface area contributed by atoms with E-state index in [4.69, 9.17) is 4.74 Å². The average Bonchev–Trinajstić information content (AvgIpc) is 2.72. The summed E-state index contributed by atoms with van der Waals surface area (Å²) in [5.74, 6) is -2.06. The average molecular weight is 499 g/mol. The van der Waals surface area contributed by atoms with Crippen molar-refractivity contribution < 1.29 is 37.1 Å². The van der Waals surface area contributed by atoms with Crippen molar-refractivity contribution in [1.29, 1.82) is 0 Å². The highest BCUT2D eigenvalue weighted by Gasteiger charge is 2.48. The summed E-state index contributed by atoms with van der Waals surface area (Å²) in [6.07, 6.45) is -3.67. The monoisotopic (exact) mass is 499 g/mol. The highest BCUT2D eigenvalue weighted by molar-refractivity contribution is 6.01. The molecule has 10 nitrogen and oxygen atoms in total. The minimum Gasteiger partial charge on any atom is -0.444 e. The number of nitrogens with one attached hydrogen (secondary N) is 2. The van der Waals surface area contributed by atoms with E-state index in [1.165, 1.54) is 12.3 Å². The van der Waals surface area contributed by atoms with Gasteiger partial charge in [-0.1, -0.05) is 0 Å². The third-order valence-electron chi connectivity index (χ3n) is 5.56.